The number of aromatic nitrogens is 2. The minimum Gasteiger partial charge on any atom is -0.287 e. The van der Waals surface area contributed by atoms with Crippen LogP contribution in [0.5, 0.6) is 0 Å². The Morgan fingerprint density at radius 3 is 2.80 bits per heavy atom. The Morgan fingerprint density at radius 1 is 1.36 bits per heavy atom. The summed E-state index contributed by atoms with van der Waals surface area (Å²) in [6, 6.07) is 8.20. The first-order valence-electron chi connectivity index (χ1n) is 7.93. The molecule has 7 heteroatoms. The van der Waals surface area contributed by atoms with Gasteiger partial charge in [0.15, 0.2) is 5.16 Å². The van der Waals surface area contributed by atoms with Gasteiger partial charge in [-0.15, -0.1) is 11.3 Å². The molecule has 3 rings (SSSR count). The molecule has 128 valence electrons. The molecule has 0 aliphatic heterocycles. The van der Waals surface area contributed by atoms with Crippen molar-refractivity contribution >= 4 is 33.3 Å². The molecule has 0 spiro atoms. The summed E-state index contributed by atoms with van der Waals surface area (Å²) in [7, 11) is 0. The number of halogens is 1. The van der Waals surface area contributed by atoms with E-state index >= 15 is 0 Å². The van der Waals surface area contributed by atoms with E-state index in [9.17, 15) is 9.18 Å². The van der Waals surface area contributed by atoms with Crippen LogP contribution in [0.25, 0.3) is 21.3 Å². The summed E-state index contributed by atoms with van der Waals surface area (Å²) in [6.45, 7) is 2.64. The van der Waals surface area contributed by atoms with Crippen LogP contribution in [0, 0.1) is 17.1 Å². The lowest BCUT2D eigenvalue weighted by Crippen LogP contribution is -2.23. The highest BCUT2D eigenvalue weighted by atomic mass is 32.2. The third-order valence-corrected chi connectivity index (χ3v) is 5.53. The second-order valence-corrected chi connectivity index (χ2v) is 7.29. The summed E-state index contributed by atoms with van der Waals surface area (Å²) in [5, 5.41) is 11.9. The SMILES string of the molecule is CCCCn1c(SCC#N)nc2scc(-c3ccc(F)cc3)c2c1=O. The normalized spacial score (nSPS) is 10.9. The molecule has 0 amide bonds. The van der Waals surface area contributed by atoms with Crippen LogP contribution in [0.1, 0.15) is 19.8 Å². The lowest BCUT2D eigenvalue weighted by Gasteiger charge is -2.11. The zero-order valence-electron chi connectivity index (χ0n) is 13.7. The number of hydrogen-bond donors (Lipinski definition) is 0. The number of unbranched alkanes of at least 4 members (excludes halogenated alkanes) is 1. The van der Waals surface area contributed by atoms with Gasteiger partial charge in [-0.1, -0.05) is 37.2 Å². The molecule has 0 atom stereocenters. The number of fused-ring (bicyclic) bond motifs is 1. The van der Waals surface area contributed by atoms with Crippen LogP contribution in [0.3, 0.4) is 0 Å². The van der Waals surface area contributed by atoms with Crippen LogP contribution in [0.4, 0.5) is 4.39 Å². The van der Waals surface area contributed by atoms with Crippen LogP contribution in [0.15, 0.2) is 39.6 Å². The molecule has 0 aliphatic carbocycles. The van der Waals surface area contributed by atoms with Crippen molar-refractivity contribution in [2.45, 2.75) is 31.5 Å². The topological polar surface area (TPSA) is 58.7 Å². The third-order valence-electron chi connectivity index (χ3n) is 3.82. The molecule has 0 saturated heterocycles. The summed E-state index contributed by atoms with van der Waals surface area (Å²) in [5.41, 5.74) is 1.48. The number of nitriles is 1. The fourth-order valence-corrected chi connectivity index (χ4v) is 4.24. The highest BCUT2D eigenvalue weighted by Gasteiger charge is 2.17. The van der Waals surface area contributed by atoms with Gasteiger partial charge in [-0.25, -0.2) is 9.37 Å². The fraction of sp³-hybridized carbons (Fsp3) is 0.278. The molecule has 0 aliphatic rings. The summed E-state index contributed by atoms with van der Waals surface area (Å²) in [4.78, 5) is 18.4. The van der Waals surface area contributed by atoms with E-state index in [1.165, 1.54) is 35.2 Å². The van der Waals surface area contributed by atoms with Gasteiger partial charge in [-0.05, 0) is 24.1 Å². The van der Waals surface area contributed by atoms with Crippen molar-refractivity contribution in [3.63, 3.8) is 0 Å². The van der Waals surface area contributed by atoms with E-state index in [-0.39, 0.29) is 17.1 Å². The average Bonchev–Trinajstić information content (AvgIpc) is 3.04. The maximum Gasteiger partial charge on any atom is 0.263 e. The Bertz CT molecular complexity index is 986. The fourth-order valence-electron chi connectivity index (χ4n) is 2.57. The van der Waals surface area contributed by atoms with Crippen molar-refractivity contribution < 1.29 is 4.39 Å². The predicted molar refractivity (Wildman–Crippen MR) is 101 cm³/mol. The van der Waals surface area contributed by atoms with E-state index in [1.54, 1.807) is 16.7 Å². The predicted octanol–water partition coefficient (Wildman–Crippen LogP) is 4.68. The largest absolute Gasteiger partial charge is 0.287 e. The number of hydrogen-bond acceptors (Lipinski definition) is 5. The van der Waals surface area contributed by atoms with Crippen LogP contribution in [0.2, 0.25) is 0 Å². The van der Waals surface area contributed by atoms with Gasteiger partial charge in [0.1, 0.15) is 10.6 Å². The third kappa shape index (κ3) is 3.60. The standard InChI is InChI=1S/C18H16FN3OS2/c1-2-3-9-22-17(23)15-14(12-4-6-13(19)7-5-12)11-25-16(15)21-18(22)24-10-8-20/h4-7,11H,2-3,9-10H2,1H3. The van der Waals surface area contributed by atoms with Gasteiger partial charge in [-0.2, -0.15) is 5.26 Å². The molecule has 0 N–H and O–H groups in total. The maximum absolute atomic E-state index is 13.2. The molecule has 2 heterocycles. The molecule has 0 radical (unpaired) electrons. The van der Waals surface area contributed by atoms with Gasteiger partial charge in [0.05, 0.1) is 17.2 Å². The van der Waals surface area contributed by atoms with Gasteiger partial charge in [-0.3, -0.25) is 9.36 Å². The van der Waals surface area contributed by atoms with E-state index in [0.717, 1.165) is 24.0 Å². The molecule has 0 fully saturated rings. The monoisotopic (exact) mass is 373 g/mol. The number of benzene rings is 1. The molecule has 0 unspecified atom stereocenters. The molecule has 2 aromatic heterocycles. The smallest absolute Gasteiger partial charge is 0.263 e. The van der Waals surface area contributed by atoms with Crippen LogP contribution < -0.4 is 5.56 Å². The van der Waals surface area contributed by atoms with Gasteiger partial charge >= 0.3 is 0 Å². The van der Waals surface area contributed by atoms with Crippen molar-refractivity contribution in [2.24, 2.45) is 0 Å². The number of rotatable bonds is 6. The summed E-state index contributed by atoms with van der Waals surface area (Å²) in [6.07, 6.45) is 1.82. The van der Waals surface area contributed by atoms with E-state index in [0.29, 0.717) is 21.9 Å². The van der Waals surface area contributed by atoms with Crippen molar-refractivity contribution in [3.8, 4) is 17.2 Å². The molecule has 4 nitrogen and oxygen atoms in total. The van der Waals surface area contributed by atoms with Gasteiger partial charge in [0.25, 0.3) is 5.56 Å². The first kappa shape index (κ1) is 17.6. The highest BCUT2D eigenvalue weighted by molar-refractivity contribution is 7.99. The Hall–Kier alpha value is -2.17. The minimum atomic E-state index is -0.308. The number of nitrogens with zero attached hydrogens (tertiary/aromatic N) is 3. The van der Waals surface area contributed by atoms with Crippen LogP contribution >= 0.6 is 23.1 Å². The van der Waals surface area contributed by atoms with Gasteiger partial charge in [0.2, 0.25) is 0 Å². The molecular weight excluding hydrogens is 357 g/mol. The summed E-state index contributed by atoms with van der Waals surface area (Å²) in [5.74, 6) is -0.0581. The summed E-state index contributed by atoms with van der Waals surface area (Å²) < 4.78 is 14.9. The van der Waals surface area contributed by atoms with E-state index in [2.05, 4.69) is 18.0 Å². The first-order chi connectivity index (χ1) is 12.2. The molecule has 25 heavy (non-hydrogen) atoms. The Kier molecular flexibility index (Phi) is 5.51. The van der Waals surface area contributed by atoms with Crippen molar-refractivity contribution in [1.29, 1.82) is 5.26 Å². The average molecular weight is 373 g/mol. The van der Waals surface area contributed by atoms with Crippen molar-refractivity contribution in [3.05, 3.63) is 45.8 Å². The van der Waals surface area contributed by atoms with Crippen molar-refractivity contribution in [2.75, 3.05) is 5.75 Å². The second-order valence-electron chi connectivity index (χ2n) is 5.49. The Labute approximate surface area is 152 Å². The molecule has 3 aromatic rings. The Morgan fingerprint density at radius 2 is 2.12 bits per heavy atom. The van der Waals surface area contributed by atoms with Crippen molar-refractivity contribution in [1.82, 2.24) is 9.55 Å². The lowest BCUT2D eigenvalue weighted by molar-refractivity contribution is 0.558. The molecule has 0 bridgehead atoms. The zero-order valence-corrected chi connectivity index (χ0v) is 15.3. The Balaban J connectivity index is 2.18. The van der Waals surface area contributed by atoms with E-state index < -0.39 is 0 Å². The zero-order chi connectivity index (χ0) is 17.8. The molecular formula is C18H16FN3OS2. The quantitative estimate of drug-likeness (QED) is 0.465. The van der Waals surface area contributed by atoms with E-state index in [1.807, 2.05) is 5.38 Å². The van der Waals surface area contributed by atoms with Gasteiger partial charge < -0.3 is 0 Å². The maximum atomic E-state index is 13.2. The molecule has 1 aromatic carbocycles. The highest BCUT2D eigenvalue weighted by Crippen LogP contribution is 2.32. The lowest BCUT2D eigenvalue weighted by atomic mass is 10.1. The summed E-state index contributed by atoms with van der Waals surface area (Å²) >= 11 is 2.67. The first-order valence-corrected chi connectivity index (χ1v) is 9.80. The minimum absolute atomic E-state index is 0.0977. The second kappa shape index (κ2) is 7.81. The molecule has 0 saturated carbocycles. The van der Waals surface area contributed by atoms with Crippen LogP contribution in [-0.4, -0.2) is 15.3 Å². The number of thioether (sulfide) groups is 1. The van der Waals surface area contributed by atoms with Gasteiger partial charge in [0, 0.05) is 17.5 Å². The van der Waals surface area contributed by atoms with E-state index in [4.69, 9.17) is 5.26 Å². The number of thiophene rings is 1. The van der Waals surface area contributed by atoms with Crippen LogP contribution in [-0.2, 0) is 6.54 Å².